The molecule has 0 unspecified atom stereocenters. The van der Waals surface area contributed by atoms with Crippen molar-refractivity contribution in [1.82, 2.24) is 15.2 Å². The van der Waals surface area contributed by atoms with E-state index in [-0.39, 0.29) is 18.0 Å². The van der Waals surface area contributed by atoms with Crippen LogP contribution >= 0.6 is 0 Å². The molecule has 0 aromatic carbocycles. The third kappa shape index (κ3) is 7.13. The zero-order valence-corrected chi connectivity index (χ0v) is 16.0. The van der Waals surface area contributed by atoms with Crippen LogP contribution in [0.15, 0.2) is 48.9 Å². The summed E-state index contributed by atoms with van der Waals surface area (Å²) in [5.74, 6) is -0.0741. The topological polar surface area (TPSA) is 109 Å². The van der Waals surface area contributed by atoms with Gasteiger partial charge in [-0.3, -0.25) is 9.59 Å². The largest absolute Gasteiger partial charge is 0.503 e. The lowest BCUT2D eigenvalue weighted by atomic mass is 9.89. The van der Waals surface area contributed by atoms with E-state index in [1.807, 2.05) is 12.1 Å². The third-order valence-electron chi connectivity index (χ3n) is 4.47. The van der Waals surface area contributed by atoms with Crippen LogP contribution < -0.4 is 11.1 Å². The normalized spacial score (nSPS) is 16.8. The van der Waals surface area contributed by atoms with Gasteiger partial charge in [-0.05, 0) is 30.9 Å². The second-order valence-corrected chi connectivity index (χ2v) is 6.46. The molecule has 0 saturated heterocycles. The number of nitrogen functional groups attached to an aromatic ring is 1. The Bertz CT molecular complexity index is 640. The SMILES string of the molecule is C=C.CN1CC(C(=O)NCC2CCCCC2)=C(O)C1=O.Nc1ccccn1. The first kappa shape index (κ1) is 22.2. The van der Waals surface area contributed by atoms with Gasteiger partial charge in [0.05, 0.1) is 12.1 Å². The summed E-state index contributed by atoms with van der Waals surface area (Å²) in [6.07, 6.45) is 7.73. The highest BCUT2D eigenvalue weighted by Gasteiger charge is 2.31. The summed E-state index contributed by atoms with van der Waals surface area (Å²) in [6, 6.07) is 5.43. The van der Waals surface area contributed by atoms with E-state index in [1.165, 1.54) is 24.2 Å². The molecule has 0 bridgehead atoms. The molecule has 7 nitrogen and oxygen atoms in total. The molecule has 4 N–H and O–H groups in total. The average molecular weight is 374 g/mol. The number of hydrogen-bond donors (Lipinski definition) is 3. The minimum atomic E-state index is -0.474. The van der Waals surface area contributed by atoms with E-state index in [0.717, 1.165) is 12.8 Å². The molecular formula is C20H30N4O3. The second kappa shape index (κ2) is 11.7. The lowest BCUT2D eigenvalue weighted by molar-refractivity contribution is -0.126. The van der Waals surface area contributed by atoms with Gasteiger partial charge < -0.3 is 21.1 Å². The first-order chi connectivity index (χ1) is 13.0. The lowest BCUT2D eigenvalue weighted by Crippen LogP contribution is -2.32. The fourth-order valence-electron chi connectivity index (χ4n) is 2.98. The summed E-state index contributed by atoms with van der Waals surface area (Å²) in [5.41, 5.74) is 5.44. The minimum absolute atomic E-state index is 0.193. The minimum Gasteiger partial charge on any atom is -0.503 e. The molecule has 3 rings (SSSR count). The van der Waals surface area contributed by atoms with Crippen molar-refractivity contribution in [2.24, 2.45) is 5.92 Å². The summed E-state index contributed by atoms with van der Waals surface area (Å²) in [4.78, 5) is 28.3. The van der Waals surface area contributed by atoms with Crippen molar-refractivity contribution < 1.29 is 14.7 Å². The maximum Gasteiger partial charge on any atom is 0.289 e. The van der Waals surface area contributed by atoms with Crippen LogP contribution in [0.1, 0.15) is 32.1 Å². The molecule has 0 spiro atoms. The molecule has 0 radical (unpaired) electrons. The number of aromatic nitrogens is 1. The zero-order chi connectivity index (χ0) is 20.2. The third-order valence-corrected chi connectivity index (χ3v) is 4.47. The Balaban J connectivity index is 0.000000338. The Hall–Kier alpha value is -2.83. The molecule has 0 atom stereocenters. The fraction of sp³-hybridized carbons (Fsp3) is 0.450. The predicted molar refractivity (Wildman–Crippen MR) is 107 cm³/mol. The maximum absolute atomic E-state index is 11.9. The van der Waals surface area contributed by atoms with E-state index < -0.39 is 11.7 Å². The number of carbonyl (C=O) groups is 2. The van der Waals surface area contributed by atoms with E-state index in [1.54, 1.807) is 19.3 Å². The molecule has 27 heavy (non-hydrogen) atoms. The second-order valence-electron chi connectivity index (χ2n) is 6.46. The van der Waals surface area contributed by atoms with Gasteiger partial charge in [-0.25, -0.2) is 4.98 Å². The van der Waals surface area contributed by atoms with Crippen molar-refractivity contribution in [1.29, 1.82) is 0 Å². The summed E-state index contributed by atoms with van der Waals surface area (Å²) in [6.45, 7) is 6.84. The first-order valence-corrected chi connectivity index (χ1v) is 9.11. The number of rotatable bonds is 3. The van der Waals surface area contributed by atoms with Crippen LogP contribution in [0.3, 0.4) is 0 Å². The molecule has 2 amide bonds. The van der Waals surface area contributed by atoms with Crippen LogP contribution in [-0.2, 0) is 9.59 Å². The van der Waals surface area contributed by atoms with Crippen LogP contribution in [0.4, 0.5) is 5.82 Å². The highest BCUT2D eigenvalue weighted by Crippen LogP contribution is 2.23. The van der Waals surface area contributed by atoms with Gasteiger partial charge in [-0.1, -0.05) is 25.3 Å². The molecule has 7 heteroatoms. The van der Waals surface area contributed by atoms with Gasteiger partial charge >= 0.3 is 0 Å². The Morgan fingerprint density at radius 3 is 2.44 bits per heavy atom. The number of aliphatic hydroxyl groups excluding tert-OH is 1. The van der Waals surface area contributed by atoms with Gasteiger partial charge in [-0.15, -0.1) is 13.2 Å². The predicted octanol–water partition coefficient (Wildman–Crippen LogP) is 2.43. The molecule has 1 aromatic rings. The van der Waals surface area contributed by atoms with Crippen molar-refractivity contribution in [2.45, 2.75) is 32.1 Å². The highest BCUT2D eigenvalue weighted by molar-refractivity contribution is 6.06. The monoisotopic (exact) mass is 374 g/mol. The van der Waals surface area contributed by atoms with Gasteiger partial charge in [0.2, 0.25) is 0 Å². The van der Waals surface area contributed by atoms with Gasteiger partial charge in [-0.2, -0.15) is 0 Å². The van der Waals surface area contributed by atoms with Crippen LogP contribution in [0.25, 0.3) is 0 Å². The number of anilines is 1. The van der Waals surface area contributed by atoms with Gasteiger partial charge in [0.15, 0.2) is 5.76 Å². The molecule has 1 fully saturated rings. The standard InChI is InChI=1S/C13H20N2O3.C5H6N2.C2H4/c1-15-8-10(11(16)13(15)18)12(17)14-7-9-5-3-2-4-6-9;6-5-3-1-2-4-7-5;1-2/h9,16H,2-8H2,1H3,(H,14,17);1-4H,(H2,6,7);1-2H2. The van der Waals surface area contributed by atoms with Crippen LogP contribution in [0.5, 0.6) is 0 Å². The molecular weight excluding hydrogens is 344 g/mol. The smallest absolute Gasteiger partial charge is 0.289 e. The summed E-state index contributed by atoms with van der Waals surface area (Å²) >= 11 is 0. The van der Waals surface area contributed by atoms with E-state index in [2.05, 4.69) is 23.5 Å². The average Bonchev–Trinajstić information content (AvgIpc) is 2.97. The number of nitrogens with one attached hydrogen (secondary N) is 1. The number of aliphatic hydroxyl groups is 1. The van der Waals surface area contributed by atoms with Gasteiger partial charge in [0.1, 0.15) is 5.82 Å². The van der Waals surface area contributed by atoms with E-state index >= 15 is 0 Å². The van der Waals surface area contributed by atoms with E-state index in [9.17, 15) is 14.7 Å². The summed E-state index contributed by atoms with van der Waals surface area (Å²) in [5, 5.41) is 12.4. The number of amides is 2. The van der Waals surface area contributed by atoms with Crippen molar-refractivity contribution >= 4 is 17.6 Å². The van der Waals surface area contributed by atoms with Gasteiger partial charge in [0, 0.05) is 19.8 Å². The Labute approximate surface area is 161 Å². The fourth-order valence-corrected chi connectivity index (χ4v) is 2.98. The molecule has 1 aliphatic heterocycles. The number of nitrogens with two attached hydrogens (primary N) is 1. The summed E-state index contributed by atoms with van der Waals surface area (Å²) in [7, 11) is 1.57. The van der Waals surface area contributed by atoms with Crippen molar-refractivity contribution in [3.63, 3.8) is 0 Å². The highest BCUT2D eigenvalue weighted by atomic mass is 16.3. The quantitative estimate of drug-likeness (QED) is 0.704. The molecule has 1 saturated carbocycles. The Morgan fingerprint density at radius 1 is 1.33 bits per heavy atom. The molecule has 148 valence electrons. The van der Waals surface area contributed by atoms with E-state index in [0.29, 0.717) is 18.3 Å². The van der Waals surface area contributed by atoms with Crippen LogP contribution in [0.2, 0.25) is 0 Å². The maximum atomic E-state index is 11.9. The Kier molecular flexibility index (Phi) is 9.64. The zero-order valence-electron chi connectivity index (χ0n) is 16.0. The molecule has 1 aromatic heterocycles. The molecule has 2 heterocycles. The van der Waals surface area contributed by atoms with Crippen LogP contribution in [0, 0.1) is 5.92 Å². The number of nitrogens with zero attached hydrogens (tertiary/aromatic N) is 2. The van der Waals surface area contributed by atoms with Crippen molar-refractivity contribution in [3.05, 3.63) is 48.9 Å². The molecule has 1 aliphatic carbocycles. The lowest BCUT2D eigenvalue weighted by Gasteiger charge is -2.21. The first-order valence-electron chi connectivity index (χ1n) is 9.11. The number of likely N-dealkylation sites (N-methyl/N-ethyl adjacent to an activating group) is 1. The summed E-state index contributed by atoms with van der Waals surface area (Å²) < 4.78 is 0. The van der Waals surface area contributed by atoms with Gasteiger partial charge in [0.25, 0.3) is 11.8 Å². The van der Waals surface area contributed by atoms with Crippen molar-refractivity contribution in [3.8, 4) is 0 Å². The van der Waals surface area contributed by atoms with Crippen LogP contribution in [-0.4, -0.2) is 46.9 Å². The number of hydrogen-bond acceptors (Lipinski definition) is 5. The van der Waals surface area contributed by atoms with Crippen molar-refractivity contribution in [2.75, 3.05) is 25.9 Å². The Morgan fingerprint density at radius 2 is 2.00 bits per heavy atom. The number of pyridine rings is 1. The number of carbonyl (C=O) groups excluding carboxylic acids is 2. The van der Waals surface area contributed by atoms with E-state index in [4.69, 9.17) is 5.73 Å². The molecule has 2 aliphatic rings.